The first-order valence-electron chi connectivity index (χ1n) is 11.0. The third-order valence-corrected chi connectivity index (χ3v) is 5.55. The Labute approximate surface area is 188 Å². The third-order valence-electron chi connectivity index (χ3n) is 5.55. The molecule has 1 amide bonds. The molecule has 32 heavy (non-hydrogen) atoms. The van der Waals surface area contributed by atoms with Gasteiger partial charge >= 0.3 is 6.09 Å². The van der Waals surface area contributed by atoms with E-state index in [0.717, 1.165) is 49.4 Å². The summed E-state index contributed by atoms with van der Waals surface area (Å²) in [4.78, 5) is 27.2. The number of anilines is 3. The molecule has 2 N–H and O–H groups in total. The molecule has 166 valence electrons. The maximum absolute atomic E-state index is 11.9. The minimum Gasteiger partial charge on any atom is -0.445 e. The molecule has 1 aliphatic rings. The number of nitrogens with one attached hydrogen (secondary N) is 2. The Morgan fingerprint density at radius 1 is 1.03 bits per heavy atom. The molecule has 1 aromatic carbocycles. The molecular formula is C24H28N6O2. The molecule has 3 heterocycles. The molecule has 0 bridgehead atoms. The normalized spacial score (nSPS) is 14.1. The number of pyridine rings is 1. The number of carbonyl (C=O) groups excluding carboxylic acids is 1. The average Bonchev–Trinajstić information content (AvgIpc) is 2.85. The van der Waals surface area contributed by atoms with E-state index in [1.807, 2.05) is 48.5 Å². The van der Waals surface area contributed by atoms with Gasteiger partial charge in [0.2, 0.25) is 5.95 Å². The van der Waals surface area contributed by atoms with Crippen LogP contribution in [0, 0.1) is 5.92 Å². The summed E-state index contributed by atoms with van der Waals surface area (Å²) >= 11 is 0. The highest BCUT2D eigenvalue weighted by Gasteiger charge is 2.20. The first kappa shape index (κ1) is 21.5. The summed E-state index contributed by atoms with van der Waals surface area (Å²) in [6.07, 6.45) is 7.97. The molecule has 0 spiro atoms. The van der Waals surface area contributed by atoms with Crippen molar-refractivity contribution in [3.05, 3.63) is 72.7 Å². The average molecular weight is 433 g/mol. The number of alkyl carbamates (subject to hydrolysis) is 1. The number of rotatable bonds is 8. The van der Waals surface area contributed by atoms with Crippen LogP contribution in [0.1, 0.15) is 24.8 Å². The Hall–Kier alpha value is -3.68. The van der Waals surface area contributed by atoms with Gasteiger partial charge in [-0.25, -0.2) is 9.78 Å². The number of hydrogen-bond acceptors (Lipinski definition) is 7. The van der Waals surface area contributed by atoms with E-state index in [2.05, 4.69) is 30.5 Å². The summed E-state index contributed by atoms with van der Waals surface area (Å²) < 4.78 is 5.26. The molecule has 1 fully saturated rings. The first-order valence-corrected chi connectivity index (χ1v) is 11.0. The fourth-order valence-corrected chi connectivity index (χ4v) is 3.75. The van der Waals surface area contributed by atoms with E-state index in [1.54, 1.807) is 18.6 Å². The van der Waals surface area contributed by atoms with Crippen molar-refractivity contribution in [3.63, 3.8) is 0 Å². The van der Waals surface area contributed by atoms with Gasteiger partial charge in [-0.15, -0.1) is 0 Å². The predicted octanol–water partition coefficient (Wildman–Crippen LogP) is 4.15. The van der Waals surface area contributed by atoms with Crippen molar-refractivity contribution in [2.24, 2.45) is 5.92 Å². The van der Waals surface area contributed by atoms with E-state index in [-0.39, 0.29) is 6.09 Å². The lowest BCUT2D eigenvalue weighted by Gasteiger charge is -2.32. The summed E-state index contributed by atoms with van der Waals surface area (Å²) in [5, 5.41) is 6.08. The van der Waals surface area contributed by atoms with Crippen molar-refractivity contribution in [3.8, 4) is 0 Å². The van der Waals surface area contributed by atoms with Gasteiger partial charge in [0.25, 0.3) is 0 Å². The van der Waals surface area contributed by atoms with Gasteiger partial charge in [-0.3, -0.25) is 4.98 Å². The number of aromatic nitrogens is 3. The summed E-state index contributed by atoms with van der Waals surface area (Å²) in [6, 6.07) is 15.4. The third kappa shape index (κ3) is 6.41. The Balaban J connectivity index is 1.17. The minimum atomic E-state index is -0.360. The van der Waals surface area contributed by atoms with Crippen LogP contribution in [0.5, 0.6) is 0 Å². The van der Waals surface area contributed by atoms with Crippen LogP contribution in [0.2, 0.25) is 0 Å². The highest BCUT2D eigenvalue weighted by Crippen LogP contribution is 2.24. The van der Waals surface area contributed by atoms with Crippen molar-refractivity contribution in [1.29, 1.82) is 0 Å². The monoisotopic (exact) mass is 432 g/mol. The Morgan fingerprint density at radius 3 is 2.59 bits per heavy atom. The predicted molar refractivity (Wildman–Crippen MR) is 124 cm³/mol. The largest absolute Gasteiger partial charge is 0.445 e. The van der Waals surface area contributed by atoms with E-state index in [0.29, 0.717) is 25.0 Å². The summed E-state index contributed by atoms with van der Waals surface area (Å²) in [5.41, 5.74) is 1.89. The number of carbonyl (C=O) groups is 1. The molecule has 0 atom stereocenters. The maximum Gasteiger partial charge on any atom is 0.407 e. The van der Waals surface area contributed by atoms with Crippen LogP contribution in [0.4, 0.5) is 22.2 Å². The lowest BCUT2D eigenvalue weighted by molar-refractivity contribution is 0.139. The Kier molecular flexibility index (Phi) is 7.46. The zero-order valence-corrected chi connectivity index (χ0v) is 18.0. The van der Waals surface area contributed by atoms with Crippen molar-refractivity contribution >= 4 is 23.5 Å². The molecule has 0 aliphatic carbocycles. The van der Waals surface area contributed by atoms with Crippen LogP contribution in [0.15, 0.2) is 67.1 Å². The van der Waals surface area contributed by atoms with Crippen LogP contribution in [-0.2, 0) is 11.3 Å². The smallest absolute Gasteiger partial charge is 0.407 e. The molecule has 0 radical (unpaired) electrons. The molecular weight excluding hydrogens is 404 g/mol. The molecule has 0 unspecified atom stereocenters. The van der Waals surface area contributed by atoms with Gasteiger partial charge in [-0.2, -0.15) is 4.98 Å². The van der Waals surface area contributed by atoms with Crippen molar-refractivity contribution < 1.29 is 9.53 Å². The molecule has 2 aromatic heterocycles. The van der Waals surface area contributed by atoms with Gasteiger partial charge in [0.05, 0.1) is 0 Å². The van der Waals surface area contributed by atoms with Crippen molar-refractivity contribution in [1.82, 2.24) is 20.3 Å². The minimum absolute atomic E-state index is 0.294. The van der Waals surface area contributed by atoms with E-state index in [4.69, 9.17) is 4.74 Å². The summed E-state index contributed by atoms with van der Waals surface area (Å²) in [6.45, 7) is 2.80. The van der Waals surface area contributed by atoms with Gasteiger partial charge in [-0.05, 0) is 48.9 Å². The Morgan fingerprint density at radius 2 is 1.81 bits per heavy atom. The SMILES string of the molecule is O=C(NCCC1CCN(c2ccnc(Nc3ccncc3)n2)CC1)OCc1ccccc1. The van der Waals surface area contributed by atoms with Crippen molar-refractivity contribution in [2.75, 3.05) is 29.9 Å². The number of piperidine rings is 1. The number of nitrogens with zero attached hydrogens (tertiary/aromatic N) is 4. The van der Waals surface area contributed by atoms with Gasteiger partial charge < -0.3 is 20.3 Å². The fraction of sp³-hybridized carbons (Fsp3) is 0.333. The second-order valence-electron chi connectivity index (χ2n) is 7.81. The van der Waals surface area contributed by atoms with Gasteiger partial charge in [-0.1, -0.05) is 30.3 Å². The summed E-state index contributed by atoms with van der Waals surface area (Å²) in [7, 11) is 0. The second-order valence-corrected chi connectivity index (χ2v) is 7.81. The number of benzene rings is 1. The van der Waals surface area contributed by atoms with E-state index in [9.17, 15) is 4.79 Å². The second kappa shape index (κ2) is 11.1. The topological polar surface area (TPSA) is 92.3 Å². The molecule has 1 aliphatic heterocycles. The van der Waals surface area contributed by atoms with Gasteiger partial charge in [0.15, 0.2) is 0 Å². The lowest BCUT2D eigenvalue weighted by atomic mass is 9.93. The van der Waals surface area contributed by atoms with E-state index in [1.165, 1.54) is 0 Å². The molecule has 8 heteroatoms. The number of hydrogen-bond donors (Lipinski definition) is 2. The van der Waals surface area contributed by atoms with Crippen LogP contribution in [0.25, 0.3) is 0 Å². The van der Waals surface area contributed by atoms with E-state index >= 15 is 0 Å². The number of ether oxygens (including phenoxy) is 1. The zero-order valence-electron chi connectivity index (χ0n) is 18.0. The highest BCUT2D eigenvalue weighted by molar-refractivity contribution is 5.67. The highest BCUT2D eigenvalue weighted by atomic mass is 16.5. The van der Waals surface area contributed by atoms with E-state index < -0.39 is 0 Å². The summed E-state index contributed by atoms with van der Waals surface area (Å²) in [5.74, 6) is 2.09. The lowest BCUT2D eigenvalue weighted by Crippen LogP contribution is -2.35. The number of amides is 1. The Bertz CT molecular complexity index is 978. The fourth-order valence-electron chi connectivity index (χ4n) is 3.75. The van der Waals surface area contributed by atoms with Crippen molar-refractivity contribution in [2.45, 2.75) is 25.9 Å². The van der Waals surface area contributed by atoms with Crippen LogP contribution in [-0.4, -0.2) is 40.7 Å². The first-order chi connectivity index (χ1) is 15.8. The van der Waals surface area contributed by atoms with Gasteiger partial charge in [0.1, 0.15) is 12.4 Å². The molecule has 4 rings (SSSR count). The standard InChI is InChI=1S/C24H28N6O2/c31-24(32-18-20-4-2-1-3-5-20)27-14-6-19-10-16-30(17-11-19)22-9-15-26-23(29-22)28-21-7-12-25-13-8-21/h1-5,7-9,12-13,15,19H,6,10-11,14,16-18H2,(H,27,31)(H,25,26,28,29). The maximum atomic E-state index is 11.9. The zero-order chi connectivity index (χ0) is 22.0. The molecule has 1 saturated heterocycles. The van der Waals surface area contributed by atoms with Crippen LogP contribution >= 0.6 is 0 Å². The molecule has 8 nitrogen and oxygen atoms in total. The molecule has 3 aromatic rings. The van der Waals surface area contributed by atoms with Gasteiger partial charge in [0, 0.05) is 43.9 Å². The molecule has 0 saturated carbocycles. The van der Waals surface area contributed by atoms with Crippen LogP contribution < -0.4 is 15.5 Å². The quantitative estimate of drug-likeness (QED) is 0.552. The van der Waals surface area contributed by atoms with Crippen LogP contribution in [0.3, 0.4) is 0 Å².